The molecule has 90 valence electrons. The summed E-state index contributed by atoms with van der Waals surface area (Å²) in [6.45, 7) is 3.34. The van der Waals surface area contributed by atoms with Crippen molar-refractivity contribution in [2.45, 2.75) is 19.9 Å². The lowest BCUT2D eigenvalue weighted by Gasteiger charge is -2.30. The molecular weight excluding hydrogens is 233 g/mol. The zero-order valence-electron chi connectivity index (χ0n) is 9.17. The molecule has 0 bridgehead atoms. The average molecular weight is 248 g/mol. The van der Waals surface area contributed by atoms with Crippen molar-refractivity contribution >= 4 is 11.6 Å². The number of aromatic hydroxyl groups is 1. The number of nitrogens with two attached hydrogens (primary N) is 1. The van der Waals surface area contributed by atoms with Gasteiger partial charge in [-0.1, -0.05) is 31.5 Å². The number of aliphatic hydroxyl groups is 1. The summed E-state index contributed by atoms with van der Waals surface area (Å²) < 4.78 is 13.0. The highest BCUT2D eigenvalue weighted by atomic mass is 35.5. The fourth-order valence-corrected chi connectivity index (χ4v) is 1.50. The number of phenolic OH excluding ortho intramolecular Hbond substituents is 1. The molecule has 0 aliphatic heterocycles. The quantitative estimate of drug-likeness (QED) is 0.767. The third-order valence-corrected chi connectivity index (χ3v) is 3.04. The van der Waals surface area contributed by atoms with Crippen LogP contribution in [0.1, 0.15) is 25.5 Å². The minimum atomic E-state index is -0.697. The highest BCUT2D eigenvalue weighted by molar-refractivity contribution is 6.32. The highest BCUT2D eigenvalue weighted by Gasteiger charge is 2.30. The Bertz CT molecular complexity index is 396. The lowest BCUT2D eigenvalue weighted by atomic mass is 9.81. The SMILES string of the molecule is CC(C)(CO)[C@H](N)c1ccc(F)c(Cl)c1O. The number of rotatable bonds is 3. The molecule has 1 aromatic carbocycles. The topological polar surface area (TPSA) is 66.5 Å². The lowest BCUT2D eigenvalue weighted by molar-refractivity contribution is 0.131. The summed E-state index contributed by atoms with van der Waals surface area (Å²) in [5.41, 5.74) is 5.60. The van der Waals surface area contributed by atoms with E-state index in [1.54, 1.807) is 13.8 Å². The van der Waals surface area contributed by atoms with Crippen LogP contribution in [0.4, 0.5) is 4.39 Å². The minimum Gasteiger partial charge on any atom is -0.506 e. The van der Waals surface area contributed by atoms with E-state index in [4.69, 9.17) is 17.3 Å². The van der Waals surface area contributed by atoms with E-state index in [-0.39, 0.29) is 17.4 Å². The number of hydrogen-bond donors (Lipinski definition) is 3. The summed E-state index contributed by atoms with van der Waals surface area (Å²) in [5.74, 6) is -1.06. The summed E-state index contributed by atoms with van der Waals surface area (Å²) in [6, 6.07) is 1.89. The smallest absolute Gasteiger partial charge is 0.145 e. The third-order valence-electron chi connectivity index (χ3n) is 2.68. The molecule has 0 fully saturated rings. The van der Waals surface area contributed by atoms with Crippen LogP contribution in [0.2, 0.25) is 5.02 Å². The number of aliphatic hydroxyl groups excluding tert-OH is 1. The molecule has 1 aromatic rings. The van der Waals surface area contributed by atoms with Crippen LogP contribution in [0.3, 0.4) is 0 Å². The van der Waals surface area contributed by atoms with E-state index in [9.17, 15) is 14.6 Å². The zero-order valence-corrected chi connectivity index (χ0v) is 9.92. The van der Waals surface area contributed by atoms with E-state index >= 15 is 0 Å². The van der Waals surface area contributed by atoms with Crippen LogP contribution in [0.15, 0.2) is 12.1 Å². The van der Waals surface area contributed by atoms with Crippen LogP contribution < -0.4 is 5.73 Å². The first-order valence-corrected chi connectivity index (χ1v) is 5.22. The molecule has 4 N–H and O–H groups in total. The normalized spacial score (nSPS) is 13.9. The van der Waals surface area contributed by atoms with Gasteiger partial charge in [-0.2, -0.15) is 0 Å². The molecule has 1 atom stereocenters. The number of phenols is 1. The third kappa shape index (κ3) is 2.29. The molecule has 0 saturated heterocycles. The van der Waals surface area contributed by atoms with Gasteiger partial charge in [-0.3, -0.25) is 0 Å². The predicted molar refractivity (Wildman–Crippen MR) is 60.9 cm³/mol. The average Bonchev–Trinajstić information content (AvgIpc) is 2.25. The summed E-state index contributed by atoms with van der Waals surface area (Å²) >= 11 is 5.58. The van der Waals surface area contributed by atoms with Crippen LogP contribution in [-0.2, 0) is 0 Å². The van der Waals surface area contributed by atoms with Gasteiger partial charge in [-0.15, -0.1) is 0 Å². The molecule has 3 nitrogen and oxygen atoms in total. The Kier molecular flexibility index (Phi) is 3.78. The van der Waals surface area contributed by atoms with E-state index in [0.717, 1.165) is 6.07 Å². The monoisotopic (exact) mass is 247 g/mol. The molecule has 0 spiro atoms. The Morgan fingerprint density at radius 1 is 1.50 bits per heavy atom. The van der Waals surface area contributed by atoms with E-state index in [1.165, 1.54) is 6.07 Å². The standard InChI is InChI=1S/C11H15ClFNO2/c1-11(2,5-15)10(14)6-3-4-7(13)8(12)9(6)16/h3-4,10,15-16H,5,14H2,1-2H3/t10-/m1/s1. The van der Waals surface area contributed by atoms with Crippen LogP contribution in [0.25, 0.3) is 0 Å². The first-order valence-electron chi connectivity index (χ1n) is 4.84. The van der Waals surface area contributed by atoms with Crippen molar-refractivity contribution in [1.82, 2.24) is 0 Å². The van der Waals surface area contributed by atoms with Crippen LogP contribution in [0, 0.1) is 11.2 Å². The summed E-state index contributed by atoms with van der Waals surface area (Å²) in [5, 5.41) is 18.5. The predicted octanol–water partition coefficient (Wildman–Crippen LogP) is 2.20. The van der Waals surface area contributed by atoms with Crippen molar-refractivity contribution < 1.29 is 14.6 Å². The molecule has 0 aliphatic carbocycles. The summed E-state index contributed by atoms with van der Waals surface area (Å²) in [6.07, 6.45) is 0. The van der Waals surface area contributed by atoms with Gasteiger partial charge in [-0.05, 0) is 6.07 Å². The van der Waals surface area contributed by atoms with E-state index in [0.29, 0.717) is 5.56 Å². The molecule has 0 unspecified atom stereocenters. The van der Waals surface area contributed by atoms with Gasteiger partial charge in [0.15, 0.2) is 0 Å². The van der Waals surface area contributed by atoms with Crippen molar-refractivity contribution in [2.24, 2.45) is 11.1 Å². The Hall–Kier alpha value is -0.840. The van der Waals surface area contributed by atoms with Crippen LogP contribution in [0.5, 0.6) is 5.75 Å². The van der Waals surface area contributed by atoms with Crippen LogP contribution >= 0.6 is 11.6 Å². The molecular formula is C11H15ClFNO2. The van der Waals surface area contributed by atoms with E-state index < -0.39 is 17.3 Å². The summed E-state index contributed by atoms with van der Waals surface area (Å²) in [7, 11) is 0. The Balaban J connectivity index is 3.20. The minimum absolute atomic E-state index is 0.150. The fourth-order valence-electron chi connectivity index (χ4n) is 1.33. The second-order valence-electron chi connectivity index (χ2n) is 4.42. The maximum absolute atomic E-state index is 13.0. The maximum atomic E-state index is 13.0. The van der Waals surface area contributed by atoms with Gasteiger partial charge in [0.05, 0.1) is 0 Å². The number of hydrogen-bond acceptors (Lipinski definition) is 3. The number of halogens is 2. The van der Waals surface area contributed by atoms with Gasteiger partial charge < -0.3 is 15.9 Å². The van der Waals surface area contributed by atoms with Crippen molar-refractivity contribution in [3.63, 3.8) is 0 Å². The largest absolute Gasteiger partial charge is 0.506 e. The van der Waals surface area contributed by atoms with Gasteiger partial charge in [0.25, 0.3) is 0 Å². The van der Waals surface area contributed by atoms with Crippen molar-refractivity contribution in [3.8, 4) is 5.75 Å². The molecule has 0 heterocycles. The van der Waals surface area contributed by atoms with Crippen molar-refractivity contribution in [3.05, 3.63) is 28.5 Å². The van der Waals surface area contributed by atoms with Crippen molar-refractivity contribution in [2.75, 3.05) is 6.61 Å². The molecule has 0 aliphatic rings. The van der Waals surface area contributed by atoms with Gasteiger partial charge in [0, 0.05) is 23.6 Å². The first kappa shape index (κ1) is 13.2. The van der Waals surface area contributed by atoms with Gasteiger partial charge in [-0.25, -0.2) is 4.39 Å². The van der Waals surface area contributed by atoms with Crippen molar-refractivity contribution in [1.29, 1.82) is 0 Å². The van der Waals surface area contributed by atoms with Gasteiger partial charge in [0.1, 0.15) is 16.6 Å². The number of benzene rings is 1. The maximum Gasteiger partial charge on any atom is 0.145 e. The Morgan fingerprint density at radius 2 is 2.06 bits per heavy atom. The Morgan fingerprint density at radius 3 is 2.56 bits per heavy atom. The van der Waals surface area contributed by atoms with E-state index in [1.807, 2.05) is 0 Å². The van der Waals surface area contributed by atoms with Gasteiger partial charge >= 0.3 is 0 Å². The molecule has 0 amide bonds. The first-order chi connectivity index (χ1) is 7.31. The molecule has 0 saturated carbocycles. The molecule has 1 rings (SSSR count). The fraction of sp³-hybridized carbons (Fsp3) is 0.455. The highest BCUT2D eigenvalue weighted by Crippen LogP contribution is 2.39. The second-order valence-corrected chi connectivity index (χ2v) is 4.80. The van der Waals surface area contributed by atoms with Crippen LogP contribution in [-0.4, -0.2) is 16.8 Å². The molecule has 16 heavy (non-hydrogen) atoms. The Labute approximate surface area is 98.7 Å². The summed E-state index contributed by atoms with van der Waals surface area (Å²) in [4.78, 5) is 0. The van der Waals surface area contributed by atoms with Gasteiger partial charge in [0.2, 0.25) is 0 Å². The zero-order chi connectivity index (χ0) is 12.5. The lowest BCUT2D eigenvalue weighted by Crippen LogP contribution is -2.32. The molecule has 5 heteroatoms. The molecule has 0 radical (unpaired) electrons. The second kappa shape index (κ2) is 4.57. The molecule has 0 aromatic heterocycles. The van der Waals surface area contributed by atoms with E-state index in [2.05, 4.69) is 0 Å².